The number of carbonyl (C=O) groups is 1. The fourth-order valence-corrected chi connectivity index (χ4v) is 11.1. The van der Waals surface area contributed by atoms with Crippen molar-refractivity contribution in [3.8, 4) is 0 Å². The fourth-order valence-electron chi connectivity index (χ4n) is 11.1. The monoisotopic (exact) mass is 1190 g/mol. The van der Waals surface area contributed by atoms with Crippen LogP contribution in [0.2, 0.25) is 0 Å². The van der Waals surface area contributed by atoms with Crippen molar-refractivity contribution in [1.82, 2.24) is 5.32 Å². The third kappa shape index (κ3) is 52.7. The molecule has 492 valence electrons. The molecule has 0 spiro atoms. The molecule has 0 aromatic heterocycles. The average Bonchev–Trinajstić information content (AvgIpc) is 3.54. The lowest BCUT2D eigenvalue weighted by atomic mass is 9.99. The standard InChI is InChI=1S/C76H135NO8/c1-3-5-7-9-11-13-15-17-19-21-23-25-27-29-31-33-35-37-39-41-43-45-47-49-51-53-55-57-59-61-63-65-70(79)69(68-84-76-75(83)74(82)73(81)71(67-78)85-76)77-72(80)66-64-62-60-58-56-54-52-50-48-46-44-42-40-38-36-34-32-30-28-26-24-22-20-18-16-14-12-10-8-6-4-2/h6,8,12,14,18,20,24,26,30,32,36,38,42,44,48,50,69-71,73-76,78-79,81-83H,3-5,7,9-11,13,15-17,19,21-23,25,27-29,31,33-35,37,39-41,43,45-47,49,51-68H2,1-2H3,(H,77,80)/b8-6-,14-12-,20-18-,26-24-,32-30-,38-36-,44-42-,50-48-. The normalized spacial score (nSPS) is 18.7. The van der Waals surface area contributed by atoms with E-state index < -0.39 is 49.5 Å². The Morgan fingerprint density at radius 1 is 0.412 bits per heavy atom. The third-order valence-electron chi connectivity index (χ3n) is 16.7. The molecule has 0 aromatic carbocycles. The van der Waals surface area contributed by atoms with Gasteiger partial charge in [-0.05, 0) is 77.0 Å². The largest absolute Gasteiger partial charge is 0.394 e. The summed E-state index contributed by atoms with van der Waals surface area (Å²) in [5.41, 5.74) is 0. The first-order chi connectivity index (χ1) is 41.8. The highest BCUT2D eigenvalue weighted by Gasteiger charge is 2.44. The van der Waals surface area contributed by atoms with Gasteiger partial charge < -0.3 is 40.3 Å². The van der Waals surface area contributed by atoms with E-state index in [1.54, 1.807) is 0 Å². The molecule has 1 saturated heterocycles. The number of ether oxygens (including phenoxy) is 2. The highest BCUT2D eigenvalue weighted by atomic mass is 16.7. The Morgan fingerprint density at radius 3 is 1.08 bits per heavy atom. The number of aliphatic hydroxyl groups excluding tert-OH is 5. The lowest BCUT2D eigenvalue weighted by molar-refractivity contribution is -0.302. The summed E-state index contributed by atoms with van der Waals surface area (Å²) in [6, 6.07) is -0.737. The predicted molar refractivity (Wildman–Crippen MR) is 364 cm³/mol. The zero-order valence-corrected chi connectivity index (χ0v) is 55.1. The minimum absolute atomic E-state index is 0.149. The molecule has 1 aliphatic rings. The van der Waals surface area contributed by atoms with E-state index in [1.165, 1.54) is 186 Å². The zero-order valence-electron chi connectivity index (χ0n) is 55.1. The number of nitrogens with one attached hydrogen (secondary N) is 1. The quantitative estimate of drug-likeness (QED) is 0.0261. The van der Waals surface area contributed by atoms with Crippen molar-refractivity contribution in [3.63, 3.8) is 0 Å². The summed E-state index contributed by atoms with van der Waals surface area (Å²) in [5.74, 6) is -0.158. The Labute approximate surface area is 523 Å². The molecule has 0 aromatic rings. The van der Waals surface area contributed by atoms with E-state index in [4.69, 9.17) is 9.47 Å². The minimum atomic E-state index is -1.56. The number of aliphatic hydroxyl groups is 5. The second kappa shape index (κ2) is 64.1. The Morgan fingerprint density at radius 2 is 0.729 bits per heavy atom. The first-order valence-corrected chi connectivity index (χ1v) is 35.9. The van der Waals surface area contributed by atoms with Crippen LogP contribution >= 0.6 is 0 Å². The topological polar surface area (TPSA) is 149 Å². The SMILES string of the molecule is CC/C=C\C/C=C\C/C=C\C/C=C\C/C=C\C/C=C\C/C=C\C/C=C\CCCCCCCCC(=O)NC(COC1OC(CO)C(O)C(O)C1O)C(O)CCCCCCCCCCCCCCCCCCCCCCCCCCCCCCCCC. The van der Waals surface area contributed by atoms with Gasteiger partial charge in [-0.3, -0.25) is 4.79 Å². The number of unbranched alkanes of at least 4 members (excludes halogenated alkanes) is 36. The van der Waals surface area contributed by atoms with Gasteiger partial charge in [0.1, 0.15) is 24.4 Å². The molecule has 1 fully saturated rings. The molecule has 7 atom stereocenters. The summed E-state index contributed by atoms with van der Waals surface area (Å²) < 4.78 is 11.4. The van der Waals surface area contributed by atoms with Crippen molar-refractivity contribution >= 4 is 5.91 Å². The van der Waals surface area contributed by atoms with E-state index in [0.717, 1.165) is 109 Å². The van der Waals surface area contributed by atoms with Crippen LogP contribution in [0, 0.1) is 0 Å². The molecular formula is C76H135NO8. The minimum Gasteiger partial charge on any atom is -0.394 e. The Kier molecular flexibility index (Phi) is 60.4. The van der Waals surface area contributed by atoms with Crippen molar-refractivity contribution in [1.29, 1.82) is 0 Å². The van der Waals surface area contributed by atoms with Crippen LogP contribution in [0.3, 0.4) is 0 Å². The molecule has 1 rings (SSSR count). The highest BCUT2D eigenvalue weighted by molar-refractivity contribution is 5.76. The van der Waals surface area contributed by atoms with Crippen LogP contribution in [0.25, 0.3) is 0 Å². The summed E-state index contributed by atoms with van der Waals surface area (Å²) in [4.78, 5) is 13.2. The van der Waals surface area contributed by atoms with Crippen LogP contribution in [0.1, 0.15) is 322 Å². The van der Waals surface area contributed by atoms with Crippen LogP contribution < -0.4 is 5.32 Å². The predicted octanol–water partition coefficient (Wildman–Crippen LogP) is 19.9. The molecule has 7 unspecified atom stereocenters. The van der Waals surface area contributed by atoms with Gasteiger partial charge in [0.25, 0.3) is 0 Å². The fraction of sp³-hybridized carbons (Fsp3) is 0.776. The number of amides is 1. The van der Waals surface area contributed by atoms with Crippen molar-refractivity contribution < 1.29 is 39.8 Å². The highest BCUT2D eigenvalue weighted by Crippen LogP contribution is 2.24. The number of rotatable bonds is 62. The van der Waals surface area contributed by atoms with Crippen LogP contribution in [0.4, 0.5) is 0 Å². The van der Waals surface area contributed by atoms with Gasteiger partial charge in [0.05, 0.1) is 25.4 Å². The maximum absolute atomic E-state index is 13.2. The van der Waals surface area contributed by atoms with Crippen molar-refractivity contribution in [2.75, 3.05) is 13.2 Å². The van der Waals surface area contributed by atoms with Crippen molar-refractivity contribution in [3.05, 3.63) is 97.2 Å². The van der Waals surface area contributed by atoms with Gasteiger partial charge in [-0.1, -0.05) is 336 Å². The van der Waals surface area contributed by atoms with Gasteiger partial charge in [-0.15, -0.1) is 0 Å². The van der Waals surface area contributed by atoms with Crippen molar-refractivity contribution in [2.24, 2.45) is 0 Å². The summed E-state index contributed by atoms with van der Waals surface area (Å²) in [5, 5.41) is 55.0. The molecule has 0 radical (unpaired) electrons. The van der Waals surface area contributed by atoms with Gasteiger partial charge in [0.15, 0.2) is 6.29 Å². The van der Waals surface area contributed by atoms with Crippen LogP contribution in [0.5, 0.6) is 0 Å². The number of allylic oxidation sites excluding steroid dienone is 16. The van der Waals surface area contributed by atoms with E-state index in [1.807, 2.05) is 0 Å². The molecule has 0 aliphatic carbocycles. The third-order valence-corrected chi connectivity index (χ3v) is 16.7. The first kappa shape index (κ1) is 80.1. The molecule has 6 N–H and O–H groups in total. The summed E-state index contributed by atoms with van der Waals surface area (Å²) in [6.45, 7) is 3.75. The molecule has 1 aliphatic heterocycles. The molecule has 0 saturated carbocycles. The molecular weight excluding hydrogens is 1050 g/mol. The molecule has 9 nitrogen and oxygen atoms in total. The number of hydrogen-bond donors (Lipinski definition) is 6. The van der Waals surface area contributed by atoms with E-state index in [9.17, 15) is 30.3 Å². The first-order valence-electron chi connectivity index (χ1n) is 35.9. The summed E-state index contributed by atoms with van der Waals surface area (Å²) in [7, 11) is 0. The number of hydrogen-bond acceptors (Lipinski definition) is 8. The average molecular weight is 1190 g/mol. The van der Waals surface area contributed by atoms with E-state index in [2.05, 4.69) is 116 Å². The summed E-state index contributed by atoms with van der Waals surface area (Å²) in [6.07, 6.45) is 86.2. The Bertz CT molecular complexity index is 1670. The molecule has 85 heavy (non-hydrogen) atoms. The Hall–Kier alpha value is -2.89. The molecule has 9 heteroatoms. The second-order valence-corrected chi connectivity index (χ2v) is 24.7. The maximum atomic E-state index is 13.2. The van der Waals surface area contributed by atoms with Crippen LogP contribution in [0.15, 0.2) is 97.2 Å². The second-order valence-electron chi connectivity index (χ2n) is 24.7. The van der Waals surface area contributed by atoms with Crippen molar-refractivity contribution in [2.45, 2.75) is 365 Å². The molecule has 1 heterocycles. The van der Waals surface area contributed by atoms with E-state index in [-0.39, 0.29) is 12.5 Å². The zero-order chi connectivity index (χ0) is 61.4. The van der Waals surface area contributed by atoms with Gasteiger partial charge in [0.2, 0.25) is 5.91 Å². The lowest BCUT2D eigenvalue weighted by Crippen LogP contribution is -2.60. The molecule has 0 bridgehead atoms. The number of carbonyl (C=O) groups excluding carboxylic acids is 1. The van der Waals surface area contributed by atoms with Gasteiger partial charge in [-0.25, -0.2) is 0 Å². The molecule has 1 amide bonds. The lowest BCUT2D eigenvalue weighted by Gasteiger charge is -2.40. The van der Waals surface area contributed by atoms with Gasteiger partial charge in [-0.2, -0.15) is 0 Å². The Balaban J connectivity index is 2.14. The van der Waals surface area contributed by atoms with E-state index in [0.29, 0.717) is 12.8 Å². The van der Waals surface area contributed by atoms with Crippen LogP contribution in [-0.4, -0.2) is 87.5 Å². The van der Waals surface area contributed by atoms with Gasteiger partial charge >= 0.3 is 0 Å². The smallest absolute Gasteiger partial charge is 0.220 e. The van der Waals surface area contributed by atoms with Gasteiger partial charge in [0, 0.05) is 6.42 Å². The van der Waals surface area contributed by atoms with Crippen LogP contribution in [-0.2, 0) is 14.3 Å². The maximum Gasteiger partial charge on any atom is 0.220 e. The summed E-state index contributed by atoms with van der Waals surface area (Å²) >= 11 is 0. The van der Waals surface area contributed by atoms with E-state index >= 15 is 0 Å².